The maximum atomic E-state index is 12.3. The minimum Gasteiger partial charge on any atom is -0.462 e. The van der Waals surface area contributed by atoms with E-state index in [0.29, 0.717) is 12.8 Å². The molecule has 0 aliphatic rings. The number of esters is 2. The number of rotatable bonds is 54. The average Bonchev–Trinajstić information content (AvgIpc) is 3.46. The average molecular weight is 1090 g/mol. The Morgan fingerprint density at radius 1 is 0.287 bits per heavy atom. The summed E-state index contributed by atoms with van der Waals surface area (Å²) in [4.78, 5) is 24.6. The van der Waals surface area contributed by atoms with Crippen LogP contribution in [-0.2, 0) is 19.1 Å². The van der Waals surface area contributed by atoms with Crippen molar-refractivity contribution in [2.24, 2.45) is 0 Å². The molecule has 5 nitrogen and oxygen atoms in total. The lowest BCUT2D eigenvalue weighted by atomic mass is 10.1. The maximum absolute atomic E-state index is 12.3. The van der Waals surface area contributed by atoms with Crippen LogP contribution in [0.1, 0.15) is 219 Å². The summed E-state index contributed by atoms with van der Waals surface area (Å²) < 4.78 is 10.7. The van der Waals surface area contributed by atoms with Gasteiger partial charge in [0, 0.05) is 12.8 Å². The van der Waals surface area contributed by atoms with Gasteiger partial charge in [0.1, 0.15) is 6.61 Å². The Morgan fingerprint density at radius 2 is 0.500 bits per heavy atom. The highest BCUT2D eigenvalue weighted by molar-refractivity contribution is 5.70. The van der Waals surface area contributed by atoms with Gasteiger partial charge >= 0.3 is 11.9 Å². The first kappa shape index (κ1) is 74.2. The fourth-order valence-corrected chi connectivity index (χ4v) is 7.66. The zero-order chi connectivity index (χ0) is 57.6. The SMILES string of the molecule is CC/C=C\C/C=C\C/C=C\C/C=C\C/C=C\C/C=C\C/C=C\C/C=C\C/C=C\CCCCCCCC(=O)OCC(CO)OC(=O)CCCCCCC/C=C\C/C=C\C/C=C\C/C=C\C/C=C\C/C=C\C/C=C\C/C=C\C/C=C\CC. The first-order valence-corrected chi connectivity index (χ1v) is 31.3. The van der Waals surface area contributed by atoms with Gasteiger partial charge in [0.05, 0.1) is 6.61 Å². The predicted octanol–water partition coefficient (Wildman–Crippen LogP) is 22.0. The van der Waals surface area contributed by atoms with Gasteiger partial charge in [-0.1, -0.05) is 271 Å². The number of unbranched alkanes of at least 4 members (excludes halogenated alkanes) is 10. The molecule has 0 rings (SSSR count). The quantitative estimate of drug-likeness (QED) is 0.0373. The van der Waals surface area contributed by atoms with Crippen LogP contribution in [0.2, 0.25) is 0 Å². The number of allylic oxidation sites excluding steroid dienone is 36. The van der Waals surface area contributed by atoms with Crippen molar-refractivity contribution in [1.29, 1.82) is 0 Å². The van der Waals surface area contributed by atoms with Gasteiger partial charge in [-0.15, -0.1) is 0 Å². The number of ether oxygens (including phenoxy) is 2. The van der Waals surface area contributed by atoms with Crippen LogP contribution in [0.3, 0.4) is 0 Å². The zero-order valence-electron chi connectivity index (χ0n) is 50.5. The van der Waals surface area contributed by atoms with Crippen molar-refractivity contribution in [1.82, 2.24) is 0 Å². The number of aliphatic hydroxyl groups is 1. The highest BCUT2D eigenvalue weighted by atomic mass is 16.6. The Hall–Kier alpha value is -5.78. The minimum atomic E-state index is -0.812. The third-order valence-corrected chi connectivity index (χ3v) is 12.3. The van der Waals surface area contributed by atoms with Gasteiger partial charge in [0.2, 0.25) is 0 Å². The van der Waals surface area contributed by atoms with Crippen molar-refractivity contribution >= 4 is 11.9 Å². The van der Waals surface area contributed by atoms with E-state index in [9.17, 15) is 14.7 Å². The molecule has 0 radical (unpaired) electrons. The molecule has 0 saturated heterocycles. The van der Waals surface area contributed by atoms with Crippen LogP contribution < -0.4 is 0 Å². The molecule has 1 atom stereocenters. The lowest BCUT2D eigenvalue weighted by Crippen LogP contribution is -2.28. The van der Waals surface area contributed by atoms with E-state index in [0.717, 1.165) is 193 Å². The number of hydrogen-bond acceptors (Lipinski definition) is 5. The summed E-state index contributed by atoms with van der Waals surface area (Å²) in [5.74, 6) is -0.655. The van der Waals surface area contributed by atoms with Gasteiger partial charge in [-0.3, -0.25) is 9.59 Å². The lowest BCUT2D eigenvalue weighted by Gasteiger charge is -2.15. The Balaban J connectivity index is 3.70. The second kappa shape index (κ2) is 67.5. The molecule has 0 amide bonds. The van der Waals surface area contributed by atoms with Crippen LogP contribution in [0.4, 0.5) is 0 Å². The molecular weight excluding hydrogens is 981 g/mol. The molecular formula is C75H112O5. The highest BCUT2D eigenvalue weighted by Crippen LogP contribution is 2.12. The van der Waals surface area contributed by atoms with E-state index in [-0.39, 0.29) is 25.2 Å². The van der Waals surface area contributed by atoms with Crippen molar-refractivity contribution in [3.8, 4) is 0 Å². The van der Waals surface area contributed by atoms with Crippen LogP contribution in [0.15, 0.2) is 219 Å². The van der Waals surface area contributed by atoms with Gasteiger partial charge in [-0.2, -0.15) is 0 Å². The molecule has 1 unspecified atom stereocenters. The minimum absolute atomic E-state index is 0.101. The van der Waals surface area contributed by atoms with Crippen molar-refractivity contribution in [3.63, 3.8) is 0 Å². The molecule has 1 N–H and O–H groups in total. The molecule has 0 aliphatic heterocycles. The third kappa shape index (κ3) is 64.7. The van der Waals surface area contributed by atoms with E-state index in [2.05, 4.69) is 233 Å². The first-order chi connectivity index (χ1) is 39.6. The van der Waals surface area contributed by atoms with Gasteiger partial charge in [-0.25, -0.2) is 0 Å². The molecule has 0 aromatic heterocycles. The zero-order valence-corrected chi connectivity index (χ0v) is 50.5. The van der Waals surface area contributed by atoms with Gasteiger partial charge in [-0.05, 0) is 154 Å². The normalized spacial score (nSPS) is 13.8. The Labute approximate surface area is 491 Å². The van der Waals surface area contributed by atoms with Gasteiger partial charge < -0.3 is 14.6 Å². The van der Waals surface area contributed by atoms with E-state index in [4.69, 9.17) is 9.47 Å². The Kier molecular flexibility index (Phi) is 62.6. The lowest BCUT2D eigenvalue weighted by molar-refractivity contribution is -0.161. The van der Waals surface area contributed by atoms with Gasteiger partial charge in [0.25, 0.3) is 0 Å². The summed E-state index contributed by atoms with van der Waals surface area (Å²) in [5.41, 5.74) is 0. The van der Waals surface area contributed by atoms with E-state index in [1.165, 1.54) is 0 Å². The highest BCUT2D eigenvalue weighted by Gasteiger charge is 2.16. The maximum Gasteiger partial charge on any atom is 0.306 e. The molecule has 0 aromatic rings. The second-order valence-corrected chi connectivity index (χ2v) is 19.7. The van der Waals surface area contributed by atoms with Crippen molar-refractivity contribution < 1.29 is 24.2 Å². The van der Waals surface area contributed by atoms with Crippen LogP contribution in [0, 0.1) is 0 Å². The molecule has 442 valence electrons. The summed E-state index contributed by atoms with van der Waals surface area (Å²) in [6.45, 7) is 3.86. The molecule has 5 heteroatoms. The smallest absolute Gasteiger partial charge is 0.306 e. The summed E-state index contributed by atoms with van der Waals surface area (Å²) in [6.07, 6.45) is 111. The monoisotopic (exact) mass is 1090 g/mol. The number of aliphatic hydroxyl groups excluding tert-OH is 1. The summed E-state index contributed by atoms with van der Waals surface area (Å²) >= 11 is 0. The number of hydrogen-bond donors (Lipinski definition) is 1. The fourth-order valence-electron chi connectivity index (χ4n) is 7.66. The van der Waals surface area contributed by atoms with Crippen LogP contribution in [-0.4, -0.2) is 36.4 Å². The topological polar surface area (TPSA) is 72.8 Å². The van der Waals surface area contributed by atoms with Gasteiger partial charge in [0.15, 0.2) is 6.10 Å². The van der Waals surface area contributed by atoms with E-state index in [1.54, 1.807) is 0 Å². The molecule has 0 bridgehead atoms. The fraction of sp³-hybridized carbons (Fsp3) is 0.493. The molecule has 0 aliphatic carbocycles. The predicted molar refractivity (Wildman–Crippen MR) is 352 cm³/mol. The van der Waals surface area contributed by atoms with E-state index in [1.807, 2.05) is 0 Å². The third-order valence-electron chi connectivity index (χ3n) is 12.3. The first-order valence-electron chi connectivity index (χ1n) is 31.3. The van der Waals surface area contributed by atoms with Crippen LogP contribution in [0.5, 0.6) is 0 Å². The van der Waals surface area contributed by atoms with E-state index < -0.39 is 6.10 Å². The standard InChI is InChI=1S/C75H112O5/c1-3-5-7-9-11-13-15-17-19-21-23-25-27-29-31-33-35-37-39-41-43-45-47-49-51-53-55-57-59-61-63-65-67-69-74(77)79-72-73(71-76)80-75(78)70-68-66-64-62-60-58-56-54-52-50-48-46-44-42-40-38-36-34-32-30-28-26-24-22-20-18-16-14-12-10-8-6-4-2/h5-8,11-14,17-20,23-26,29-32,35-38,41-44,47-50,53-56,73,76H,3-4,9-10,15-16,21-22,27-28,33-34,39-40,45-46,51-52,57-72H2,1-2H3/b7-5-,8-6-,13-11-,14-12-,19-17-,20-18-,25-23-,26-24-,31-29-,32-30-,37-35-,38-36-,43-41-,44-42-,49-47-,50-48-,55-53-,56-54-. The van der Waals surface area contributed by atoms with Crippen molar-refractivity contribution in [2.75, 3.05) is 13.2 Å². The second-order valence-electron chi connectivity index (χ2n) is 19.7. The summed E-state index contributed by atoms with van der Waals surface area (Å²) in [5, 5.41) is 9.68. The Morgan fingerprint density at radius 3 is 0.750 bits per heavy atom. The van der Waals surface area contributed by atoms with Crippen molar-refractivity contribution in [3.05, 3.63) is 219 Å². The largest absolute Gasteiger partial charge is 0.462 e. The van der Waals surface area contributed by atoms with Crippen LogP contribution >= 0.6 is 0 Å². The Bertz CT molecular complexity index is 1960. The number of carbonyl (C=O) groups is 2. The van der Waals surface area contributed by atoms with E-state index >= 15 is 0 Å². The molecule has 0 fully saturated rings. The molecule has 0 aromatic carbocycles. The van der Waals surface area contributed by atoms with Crippen molar-refractivity contribution in [2.45, 2.75) is 225 Å². The summed E-state index contributed by atoms with van der Waals surface area (Å²) in [7, 11) is 0. The molecule has 0 heterocycles. The number of carbonyl (C=O) groups excluding carboxylic acids is 2. The van der Waals surface area contributed by atoms with Crippen LogP contribution in [0.25, 0.3) is 0 Å². The summed E-state index contributed by atoms with van der Waals surface area (Å²) in [6, 6.07) is 0. The molecule has 80 heavy (non-hydrogen) atoms. The molecule has 0 spiro atoms. The molecule has 0 saturated carbocycles.